The molecule has 0 spiro atoms. The molecule has 1 aliphatic heterocycles. The van der Waals surface area contributed by atoms with Crippen LogP contribution in [0.3, 0.4) is 0 Å². The Morgan fingerprint density at radius 3 is 2.15 bits per heavy atom. The lowest BCUT2D eigenvalue weighted by atomic mass is 9.97. The van der Waals surface area contributed by atoms with Crippen LogP contribution < -0.4 is 17.2 Å². The van der Waals surface area contributed by atoms with E-state index in [1.54, 1.807) is 0 Å². The van der Waals surface area contributed by atoms with E-state index in [1.807, 2.05) is 17.0 Å². The average Bonchev–Trinajstić information content (AvgIpc) is 2.96. The number of hydrogen-bond acceptors (Lipinski definition) is 4. The lowest BCUT2D eigenvalue weighted by molar-refractivity contribution is -0.135. The second-order valence-electron chi connectivity index (χ2n) is 11.5. The second-order valence-corrected chi connectivity index (χ2v) is 11.5. The number of benzene rings is 4. The maximum atomic E-state index is 13.5. The Hall–Kier alpha value is -3.94. The van der Waals surface area contributed by atoms with Crippen LogP contribution in [0.2, 0.25) is 0 Å². The normalized spacial score (nSPS) is 18.4. The molecule has 3 atom stereocenters. The van der Waals surface area contributed by atoms with Crippen molar-refractivity contribution in [1.82, 2.24) is 9.80 Å². The number of nitrogens with zero attached hydrogens (tertiary/aromatic N) is 3. The number of amides is 1. The summed E-state index contributed by atoms with van der Waals surface area (Å²) in [5.74, 6) is 0.282. The van der Waals surface area contributed by atoms with E-state index in [9.17, 15) is 4.79 Å². The van der Waals surface area contributed by atoms with Crippen LogP contribution in [0.25, 0.3) is 21.5 Å². The van der Waals surface area contributed by atoms with Crippen molar-refractivity contribution in [3.63, 3.8) is 0 Å². The third-order valence-electron chi connectivity index (χ3n) is 8.22. The molecule has 0 saturated carbocycles. The fourth-order valence-electron chi connectivity index (χ4n) is 6.18. The molecule has 1 amide bonds. The summed E-state index contributed by atoms with van der Waals surface area (Å²) in [5, 5.41) is 4.83. The van der Waals surface area contributed by atoms with Gasteiger partial charge in [-0.2, -0.15) is 0 Å². The fourth-order valence-corrected chi connectivity index (χ4v) is 6.18. The van der Waals surface area contributed by atoms with Gasteiger partial charge < -0.3 is 22.1 Å². The standard InChI is InChI=1S/C34H42N6O/c1-24-21-39(33(41)20-26-13-15-28-8-3-5-10-30(28)18-26)23-32(11-6-16-38-34(36)37)40(24)22-31(35)19-25-12-14-27-7-2-4-9-29(27)17-25/h2-5,7-10,12-15,17-18,24,31-32H,6,11,16,19-23,35H2,1H3,(H4,36,37,38). The number of carbonyl (C=O) groups excluding carboxylic acids is 1. The van der Waals surface area contributed by atoms with Gasteiger partial charge in [0.1, 0.15) is 0 Å². The molecule has 41 heavy (non-hydrogen) atoms. The minimum atomic E-state index is -0.0151. The van der Waals surface area contributed by atoms with Crippen molar-refractivity contribution in [2.45, 2.75) is 50.7 Å². The maximum Gasteiger partial charge on any atom is 0.227 e. The Kier molecular flexibility index (Phi) is 9.17. The van der Waals surface area contributed by atoms with Gasteiger partial charge in [0.2, 0.25) is 5.91 Å². The number of piperazine rings is 1. The zero-order valence-electron chi connectivity index (χ0n) is 24.0. The molecule has 1 saturated heterocycles. The van der Waals surface area contributed by atoms with Crippen LogP contribution in [0.15, 0.2) is 89.9 Å². The zero-order valence-corrected chi connectivity index (χ0v) is 24.0. The first-order chi connectivity index (χ1) is 19.9. The van der Waals surface area contributed by atoms with Crippen LogP contribution in [0.4, 0.5) is 0 Å². The predicted molar refractivity (Wildman–Crippen MR) is 170 cm³/mol. The number of nitrogens with two attached hydrogens (primary N) is 3. The second kappa shape index (κ2) is 13.1. The molecule has 7 nitrogen and oxygen atoms in total. The molecule has 6 N–H and O–H groups in total. The summed E-state index contributed by atoms with van der Waals surface area (Å²) in [6.07, 6.45) is 2.95. The Morgan fingerprint density at radius 1 is 0.878 bits per heavy atom. The van der Waals surface area contributed by atoms with E-state index < -0.39 is 0 Å². The number of rotatable bonds is 10. The van der Waals surface area contributed by atoms with Gasteiger partial charge in [-0.25, -0.2) is 0 Å². The van der Waals surface area contributed by atoms with Gasteiger partial charge in [0, 0.05) is 44.3 Å². The van der Waals surface area contributed by atoms with Crippen molar-refractivity contribution >= 4 is 33.4 Å². The average molecular weight is 551 g/mol. The van der Waals surface area contributed by atoms with Gasteiger partial charge in [-0.3, -0.25) is 14.7 Å². The van der Waals surface area contributed by atoms with Crippen molar-refractivity contribution in [2.75, 3.05) is 26.2 Å². The molecule has 1 fully saturated rings. The fraction of sp³-hybridized carbons (Fsp3) is 0.353. The highest BCUT2D eigenvalue weighted by Gasteiger charge is 2.34. The number of guanidine groups is 1. The van der Waals surface area contributed by atoms with Crippen molar-refractivity contribution < 1.29 is 4.79 Å². The molecule has 5 rings (SSSR count). The number of aliphatic imine (C=N–C) groups is 1. The van der Waals surface area contributed by atoms with Crippen molar-refractivity contribution in [1.29, 1.82) is 0 Å². The highest BCUT2D eigenvalue weighted by Crippen LogP contribution is 2.23. The van der Waals surface area contributed by atoms with Crippen LogP contribution >= 0.6 is 0 Å². The van der Waals surface area contributed by atoms with Gasteiger partial charge in [0.25, 0.3) is 0 Å². The molecule has 0 aromatic heterocycles. The molecule has 214 valence electrons. The summed E-state index contributed by atoms with van der Waals surface area (Å²) in [6.45, 7) is 4.94. The van der Waals surface area contributed by atoms with E-state index in [0.717, 1.165) is 36.8 Å². The summed E-state index contributed by atoms with van der Waals surface area (Å²) in [7, 11) is 0. The van der Waals surface area contributed by atoms with E-state index in [-0.39, 0.29) is 30.0 Å². The number of fused-ring (bicyclic) bond motifs is 2. The van der Waals surface area contributed by atoms with Gasteiger partial charge in [0.15, 0.2) is 5.96 Å². The lowest BCUT2D eigenvalue weighted by Crippen LogP contribution is -2.61. The Balaban J connectivity index is 1.26. The molecule has 1 heterocycles. The first-order valence-corrected chi connectivity index (χ1v) is 14.7. The molecule has 1 aliphatic rings. The largest absolute Gasteiger partial charge is 0.370 e. The Morgan fingerprint density at radius 2 is 1.49 bits per heavy atom. The van der Waals surface area contributed by atoms with Crippen molar-refractivity contribution in [3.8, 4) is 0 Å². The van der Waals surface area contributed by atoms with Crippen LogP contribution in [0, 0.1) is 0 Å². The third-order valence-corrected chi connectivity index (χ3v) is 8.22. The first kappa shape index (κ1) is 28.6. The highest BCUT2D eigenvalue weighted by molar-refractivity contribution is 5.85. The number of hydrogen-bond donors (Lipinski definition) is 3. The zero-order chi connectivity index (χ0) is 28.8. The lowest BCUT2D eigenvalue weighted by Gasteiger charge is -2.47. The van der Waals surface area contributed by atoms with E-state index in [1.165, 1.54) is 21.7 Å². The SMILES string of the molecule is CC1CN(C(=O)Cc2ccc3ccccc3c2)CC(CCCN=C(N)N)N1CC(N)Cc1ccc2ccccc2c1. The first-order valence-electron chi connectivity index (χ1n) is 14.7. The van der Waals surface area contributed by atoms with Gasteiger partial charge in [-0.15, -0.1) is 0 Å². The van der Waals surface area contributed by atoms with Crippen LogP contribution in [0.5, 0.6) is 0 Å². The summed E-state index contributed by atoms with van der Waals surface area (Å²) < 4.78 is 0. The highest BCUT2D eigenvalue weighted by atomic mass is 16.2. The van der Waals surface area contributed by atoms with E-state index in [2.05, 4.69) is 89.6 Å². The maximum absolute atomic E-state index is 13.5. The van der Waals surface area contributed by atoms with E-state index in [4.69, 9.17) is 17.2 Å². The molecule has 0 aliphatic carbocycles. The summed E-state index contributed by atoms with van der Waals surface area (Å²) in [4.78, 5) is 22.2. The summed E-state index contributed by atoms with van der Waals surface area (Å²) in [5.41, 5.74) is 20.2. The molecule has 0 bridgehead atoms. The van der Waals surface area contributed by atoms with Gasteiger partial charge in [-0.1, -0.05) is 84.9 Å². The van der Waals surface area contributed by atoms with Crippen LogP contribution in [-0.4, -0.2) is 66.0 Å². The van der Waals surface area contributed by atoms with Crippen LogP contribution in [0.1, 0.15) is 30.9 Å². The summed E-state index contributed by atoms with van der Waals surface area (Å²) in [6, 6.07) is 29.9. The van der Waals surface area contributed by atoms with Crippen LogP contribution in [-0.2, 0) is 17.6 Å². The van der Waals surface area contributed by atoms with Gasteiger partial charge >= 0.3 is 0 Å². The third kappa shape index (κ3) is 7.43. The number of carbonyl (C=O) groups is 1. The Bertz CT molecular complexity index is 1510. The molecule has 7 heteroatoms. The molecule has 0 radical (unpaired) electrons. The summed E-state index contributed by atoms with van der Waals surface area (Å²) >= 11 is 0. The molecule has 3 unspecified atom stereocenters. The monoisotopic (exact) mass is 550 g/mol. The van der Waals surface area contributed by atoms with E-state index in [0.29, 0.717) is 26.1 Å². The van der Waals surface area contributed by atoms with Gasteiger partial charge in [0.05, 0.1) is 6.42 Å². The molecular weight excluding hydrogens is 508 g/mol. The topological polar surface area (TPSA) is 114 Å². The smallest absolute Gasteiger partial charge is 0.227 e. The van der Waals surface area contributed by atoms with Gasteiger partial charge in [-0.05, 0) is 58.9 Å². The predicted octanol–water partition coefficient (Wildman–Crippen LogP) is 4.06. The molecule has 4 aromatic carbocycles. The molecule has 4 aromatic rings. The van der Waals surface area contributed by atoms with Crippen molar-refractivity contribution in [3.05, 3.63) is 96.1 Å². The quantitative estimate of drug-likeness (QED) is 0.157. The Labute approximate surface area is 243 Å². The minimum absolute atomic E-state index is 0.0151. The van der Waals surface area contributed by atoms with E-state index >= 15 is 0 Å². The van der Waals surface area contributed by atoms with Crippen molar-refractivity contribution in [2.24, 2.45) is 22.2 Å². The minimum Gasteiger partial charge on any atom is -0.370 e. The molecular formula is C34H42N6O.